The van der Waals surface area contributed by atoms with Gasteiger partial charge in [0.2, 0.25) is 5.95 Å². The summed E-state index contributed by atoms with van der Waals surface area (Å²) in [5, 5.41) is 5.10. The zero-order valence-electron chi connectivity index (χ0n) is 12.3. The molecular weight excluding hydrogens is 350 g/mol. The number of fused-ring (bicyclic) bond motifs is 1. The molecule has 2 aromatic heterocycles. The Morgan fingerprint density at radius 3 is 2.86 bits per heavy atom. The van der Waals surface area contributed by atoms with Crippen LogP contribution in [0.5, 0.6) is 0 Å². The molecule has 1 saturated carbocycles. The monoisotopic (exact) mass is 367 g/mol. The Labute approximate surface area is 135 Å². The van der Waals surface area contributed by atoms with Crippen molar-refractivity contribution in [1.29, 1.82) is 0 Å². The zero-order valence-corrected chi connectivity index (χ0v) is 13.9. The molecule has 2 aromatic rings. The van der Waals surface area contributed by atoms with Crippen LogP contribution in [0.15, 0.2) is 11.0 Å². The third-order valence-corrected chi connectivity index (χ3v) is 5.48. The smallest absolute Gasteiger partial charge is 0.263 e. The van der Waals surface area contributed by atoms with Gasteiger partial charge in [0, 0.05) is 24.1 Å². The van der Waals surface area contributed by atoms with Gasteiger partial charge < -0.3 is 9.64 Å². The SMILES string of the molecule is CC1CC(Br)[C@H]1n1cc2c(=O)[nH]c(N3CCOCC3)nc2n1. The molecule has 0 spiro atoms. The minimum Gasteiger partial charge on any atom is -0.378 e. The molecule has 3 atom stereocenters. The molecule has 2 fully saturated rings. The molecule has 3 heterocycles. The molecule has 7 nitrogen and oxygen atoms in total. The van der Waals surface area contributed by atoms with Crippen LogP contribution < -0.4 is 10.5 Å². The fraction of sp³-hybridized carbons (Fsp3) is 0.643. The Kier molecular flexibility index (Phi) is 3.45. The number of anilines is 1. The molecule has 1 aliphatic heterocycles. The number of ether oxygens (including phenoxy) is 1. The lowest BCUT2D eigenvalue weighted by molar-refractivity contribution is 0.122. The average Bonchev–Trinajstić information content (AvgIpc) is 2.91. The van der Waals surface area contributed by atoms with E-state index >= 15 is 0 Å². The Morgan fingerprint density at radius 1 is 1.41 bits per heavy atom. The summed E-state index contributed by atoms with van der Waals surface area (Å²) >= 11 is 3.67. The lowest BCUT2D eigenvalue weighted by Crippen LogP contribution is -2.38. The summed E-state index contributed by atoms with van der Waals surface area (Å²) in [6.07, 6.45) is 2.95. The van der Waals surface area contributed by atoms with Crippen molar-refractivity contribution in [3.63, 3.8) is 0 Å². The Hall–Kier alpha value is -1.41. The first-order valence-electron chi connectivity index (χ1n) is 7.59. The summed E-state index contributed by atoms with van der Waals surface area (Å²) < 4.78 is 7.23. The third kappa shape index (κ3) is 2.25. The van der Waals surface area contributed by atoms with E-state index in [1.807, 2.05) is 15.8 Å². The van der Waals surface area contributed by atoms with E-state index in [4.69, 9.17) is 4.74 Å². The van der Waals surface area contributed by atoms with Gasteiger partial charge in [0.1, 0.15) is 5.39 Å². The maximum Gasteiger partial charge on any atom is 0.263 e. The predicted octanol–water partition coefficient (Wildman–Crippen LogP) is 1.30. The highest BCUT2D eigenvalue weighted by Gasteiger charge is 2.38. The van der Waals surface area contributed by atoms with Crippen LogP contribution in [0.1, 0.15) is 19.4 Å². The van der Waals surface area contributed by atoms with Gasteiger partial charge in [-0.15, -0.1) is 0 Å². The first-order chi connectivity index (χ1) is 10.6. The van der Waals surface area contributed by atoms with Gasteiger partial charge in [-0.25, -0.2) is 0 Å². The lowest BCUT2D eigenvalue weighted by Gasteiger charge is -2.39. The van der Waals surface area contributed by atoms with Crippen LogP contribution in [-0.4, -0.2) is 50.9 Å². The Bertz CT molecular complexity index is 743. The van der Waals surface area contributed by atoms with Crippen molar-refractivity contribution >= 4 is 32.9 Å². The van der Waals surface area contributed by atoms with Crippen molar-refractivity contribution in [2.24, 2.45) is 5.92 Å². The molecule has 0 aromatic carbocycles. The zero-order chi connectivity index (χ0) is 15.3. The maximum atomic E-state index is 12.3. The van der Waals surface area contributed by atoms with Gasteiger partial charge in [0.15, 0.2) is 5.65 Å². The van der Waals surface area contributed by atoms with Crippen molar-refractivity contribution in [3.8, 4) is 0 Å². The molecule has 8 heteroatoms. The summed E-state index contributed by atoms with van der Waals surface area (Å²) in [5.74, 6) is 1.14. The molecule has 22 heavy (non-hydrogen) atoms. The summed E-state index contributed by atoms with van der Waals surface area (Å²) in [5.41, 5.74) is 0.389. The molecule has 1 saturated heterocycles. The van der Waals surface area contributed by atoms with Crippen LogP contribution in [-0.2, 0) is 4.74 Å². The second kappa shape index (κ2) is 5.34. The third-order valence-electron chi connectivity index (χ3n) is 4.56. The van der Waals surface area contributed by atoms with Crippen LogP contribution in [0.4, 0.5) is 5.95 Å². The van der Waals surface area contributed by atoms with E-state index in [0.717, 1.165) is 19.5 Å². The van der Waals surface area contributed by atoms with Crippen LogP contribution in [0.25, 0.3) is 11.0 Å². The number of aromatic amines is 1. The highest BCUT2D eigenvalue weighted by Crippen LogP contribution is 2.43. The number of aromatic nitrogens is 4. The van der Waals surface area contributed by atoms with Gasteiger partial charge in [0.25, 0.3) is 5.56 Å². The number of alkyl halides is 1. The topological polar surface area (TPSA) is 76.0 Å². The Morgan fingerprint density at radius 2 is 2.18 bits per heavy atom. The normalized spacial score (nSPS) is 28.8. The maximum absolute atomic E-state index is 12.3. The van der Waals surface area contributed by atoms with Crippen LogP contribution >= 0.6 is 15.9 Å². The molecule has 118 valence electrons. The number of hydrogen-bond donors (Lipinski definition) is 1. The molecule has 0 amide bonds. The summed E-state index contributed by atoms with van der Waals surface area (Å²) in [7, 11) is 0. The summed E-state index contributed by atoms with van der Waals surface area (Å²) in [4.78, 5) is 22.2. The molecule has 0 bridgehead atoms. The number of nitrogens with one attached hydrogen (secondary N) is 1. The van der Waals surface area contributed by atoms with Crippen LogP contribution in [0, 0.1) is 5.92 Å². The van der Waals surface area contributed by atoms with E-state index in [1.54, 1.807) is 0 Å². The highest BCUT2D eigenvalue weighted by molar-refractivity contribution is 9.09. The van der Waals surface area contributed by atoms with Crippen molar-refractivity contribution < 1.29 is 4.74 Å². The van der Waals surface area contributed by atoms with E-state index in [1.165, 1.54) is 0 Å². The fourth-order valence-corrected chi connectivity index (χ4v) is 4.57. The second-order valence-electron chi connectivity index (χ2n) is 6.05. The molecule has 2 aliphatic rings. The highest BCUT2D eigenvalue weighted by atomic mass is 79.9. The largest absolute Gasteiger partial charge is 0.378 e. The van der Waals surface area contributed by atoms with E-state index in [9.17, 15) is 4.79 Å². The van der Waals surface area contributed by atoms with E-state index in [-0.39, 0.29) is 5.56 Å². The standard InChI is InChI=1S/C14H18BrN5O2/c1-8-6-10(15)11(8)20-7-9-12(18-20)16-14(17-13(9)21)19-2-4-22-5-3-19/h7-8,10-11H,2-6H2,1H3,(H,16,17,18,21)/t8?,10?,11-/m0/s1. The van der Waals surface area contributed by atoms with E-state index < -0.39 is 0 Å². The molecule has 1 N–H and O–H groups in total. The number of rotatable bonds is 2. The van der Waals surface area contributed by atoms with E-state index in [0.29, 0.717) is 47.0 Å². The van der Waals surface area contributed by atoms with Gasteiger partial charge in [-0.05, 0) is 12.3 Å². The first kappa shape index (κ1) is 14.2. The molecule has 2 unspecified atom stereocenters. The summed E-state index contributed by atoms with van der Waals surface area (Å²) in [6, 6.07) is 0.292. The van der Waals surface area contributed by atoms with Crippen molar-refractivity contribution in [2.45, 2.75) is 24.2 Å². The average molecular weight is 368 g/mol. The lowest BCUT2D eigenvalue weighted by atomic mass is 9.81. The summed E-state index contributed by atoms with van der Waals surface area (Å²) in [6.45, 7) is 4.98. The number of nitrogens with zero attached hydrogens (tertiary/aromatic N) is 4. The van der Waals surface area contributed by atoms with Crippen molar-refractivity contribution in [2.75, 3.05) is 31.2 Å². The number of H-pyrrole nitrogens is 1. The molecule has 1 aliphatic carbocycles. The fourth-order valence-electron chi connectivity index (χ4n) is 3.22. The molecule has 4 rings (SSSR count). The van der Waals surface area contributed by atoms with Crippen molar-refractivity contribution in [3.05, 3.63) is 16.6 Å². The van der Waals surface area contributed by atoms with Crippen molar-refractivity contribution in [1.82, 2.24) is 19.7 Å². The quantitative estimate of drug-likeness (QED) is 0.809. The number of hydrogen-bond acceptors (Lipinski definition) is 5. The van der Waals surface area contributed by atoms with Crippen LogP contribution in [0.2, 0.25) is 0 Å². The van der Waals surface area contributed by atoms with Gasteiger partial charge in [-0.2, -0.15) is 10.1 Å². The van der Waals surface area contributed by atoms with Gasteiger partial charge in [-0.1, -0.05) is 22.9 Å². The van der Waals surface area contributed by atoms with E-state index in [2.05, 4.69) is 37.9 Å². The predicted molar refractivity (Wildman–Crippen MR) is 86.7 cm³/mol. The number of morpholine rings is 1. The minimum atomic E-state index is -0.129. The molecular formula is C14H18BrN5O2. The number of halogens is 1. The Balaban J connectivity index is 1.73. The second-order valence-corrected chi connectivity index (χ2v) is 7.23. The van der Waals surface area contributed by atoms with Gasteiger partial charge >= 0.3 is 0 Å². The van der Waals surface area contributed by atoms with Gasteiger partial charge in [-0.3, -0.25) is 14.5 Å². The van der Waals surface area contributed by atoms with Gasteiger partial charge in [0.05, 0.1) is 19.3 Å². The first-order valence-corrected chi connectivity index (χ1v) is 8.51. The van der Waals surface area contributed by atoms with Crippen LogP contribution in [0.3, 0.4) is 0 Å². The minimum absolute atomic E-state index is 0.129. The molecule has 0 radical (unpaired) electrons.